The summed E-state index contributed by atoms with van der Waals surface area (Å²) in [6.07, 6.45) is -0.485. The maximum Gasteiger partial charge on any atom is 0.199 e. The van der Waals surface area contributed by atoms with E-state index in [1.165, 1.54) is 0 Å². The Morgan fingerprint density at radius 2 is 2.25 bits per heavy atom. The number of ether oxygens (including phenoxy) is 1. The van der Waals surface area contributed by atoms with Gasteiger partial charge in [-0.05, 0) is 13.8 Å². The Labute approximate surface area is 53.8 Å². The highest BCUT2D eigenvalue weighted by atomic mass is 35.5. The van der Waals surface area contributed by atoms with Crippen molar-refractivity contribution in [2.75, 3.05) is 6.61 Å². The Kier molecular flexibility index (Phi) is 4.19. The predicted octanol–water partition coefficient (Wildman–Crippen LogP) is 1.95. The molecule has 0 aromatic heterocycles. The summed E-state index contributed by atoms with van der Waals surface area (Å²) in [7, 11) is 0. The molecule has 0 saturated carbocycles. The van der Waals surface area contributed by atoms with E-state index in [2.05, 4.69) is 0 Å². The molecule has 0 aromatic carbocycles. The van der Waals surface area contributed by atoms with Crippen molar-refractivity contribution >= 4 is 11.6 Å². The van der Waals surface area contributed by atoms with Gasteiger partial charge in [-0.25, -0.2) is 4.39 Å². The standard InChI is InChI=1S/C5H10ClFO/c1-3-8-4(2)5(6)7/h4-5H,3H2,1-2H3. The van der Waals surface area contributed by atoms with E-state index < -0.39 is 11.7 Å². The molecule has 2 unspecified atom stereocenters. The fraction of sp³-hybridized carbons (Fsp3) is 1.00. The summed E-state index contributed by atoms with van der Waals surface area (Å²) in [6, 6.07) is 0. The summed E-state index contributed by atoms with van der Waals surface area (Å²) in [5.41, 5.74) is -1.38. The Balaban J connectivity index is 3.17. The van der Waals surface area contributed by atoms with Crippen molar-refractivity contribution in [3.63, 3.8) is 0 Å². The summed E-state index contributed by atoms with van der Waals surface area (Å²) in [4.78, 5) is 0. The fourth-order valence-corrected chi connectivity index (χ4v) is 0.408. The minimum atomic E-state index is -1.38. The van der Waals surface area contributed by atoms with Gasteiger partial charge < -0.3 is 4.74 Å². The Morgan fingerprint density at radius 1 is 1.75 bits per heavy atom. The molecule has 0 N–H and O–H groups in total. The van der Waals surface area contributed by atoms with Crippen LogP contribution in [0.3, 0.4) is 0 Å². The lowest BCUT2D eigenvalue weighted by Gasteiger charge is -2.09. The quantitative estimate of drug-likeness (QED) is 0.545. The van der Waals surface area contributed by atoms with Crippen molar-refractivity contribution in [1.82, 2.24) is 0 Å². The van der Waals surface area contributed by atoms with Gasteiger partial charge in [-0.2, -0.15) is 0 Å². The zero-order chi connectivity index (χ0) is 6.57. The van der Waals surface area contributed by atoms with Gasteiger partial charge in [0.1, 0.15) is 0 Å². The molecule has 2 atom stereocenters. The van der Waals surface area contributed by atoms with E-state index in [0.29, 0.717) is 6.61 Å². The normalized spacial score (nSPS) is 18.0. The molecule has 0 amide bonds. The van der Waals surface area contributed by atoms with Gasteiger partial charge in [-0.15, -0.1) is 0 Å². The molecule has 0 bridgehead atoms. The van der Waals surface area contributed by atoms with Crippen molar-refractivity contribution in [2.24, 2.45) is 0 Å². The number of hydrogen-bond donors (Lipinski definition) is 0. The molecule has 0 heterocycles. The molecule has 0 saturated heterocycles. The van der Waals surface area contributed by atoms with Gasteiger partial charge in [0.05, 0.1) is 6.10 Å². The lowest BCUT2D eigenvalue weighted by molar-refractivity contribution is 0.0442. The third-order valence-electron chi connectivity index (χ3n) is 0.784. The topological polar surface area (TPSA) is 9.23 Å². The number of halogens is 2. The van der Waals surface area contributed by atoms with Crippen LogP contribution in [0.5, 0.6) is 0 Å². The Hall–Kier alpha value is 0.180. The van der Waals surface area contributed by atoms with Gasteiger partial charge in [0, 0.05) is 6.61 Å². The molecule has 0 aliphatic rings. The van der Waals surface area contributed by atoms with Crippen molar-refractivity contribution in [1.29, 1.82) is 0 Å². The van der Waals surface area contributed by atoms with Crippen molar-refractivity contribution in [3.8, 4) is 0 Å². The molecule has 50 valence electrons. The van der Waals surface area contributed by atoms with Crippen LogP contribution in [0.15, 0.2) is 0 Å². The van der Waals surface area contributed by atoms with Crippen LogP contribution < -0.4 is 0 Å². The fourth-order valence-electron chi connectivity index (χ4n) is 0.336. The van der Waals surface area contributed by atoms with E-state index in [1.807, 2.05) is 0 Å². The first-order valence-corrected chi connectivity index (χ1v) is 3.02. The molecule has 0 fully saturated rings. The van der Waals surface area contributed by atoms with Crippen molar-refractivity contribution in [2.45, 2.75) is 25.6 Å². The Bertz CT molecular complexity index is 58.4. The molecule has 0 rings (SSSR count). The molecule has 0 aromatic rings. The summed E-state index contributed by atoms with van der Waals surface area (Å²) in [5, 5.41) is 0. The molecule has 1 nitrogen and oxygen atoms in total. The lowest BCUT2D eigenvalue weighted by Crippen LogP contribution is -2.16. The maximum absolute atomic E-state index is 11.9. The second kappa shape index (κ2) is 4.10. The summed E-state index contributed by atoms with van der Waals surface area (Å²) in [5.74, 6) is 0. The van der Waals surface area contributed by atoms with E-state index in [9.17, 15) is 4.39 Å². The van der Waals surface area contributed by atoms with Gasteiger partial charge in [0.25, 0.3) is 0 Å². The first-order valence-electron chi connectivity index (χ1n) is 2.58. The molecular formula is C5H10ClFO. The van der Waals surface area contributed by atoms with Crippen molar-refractivity contribution in [3.05, 3.63) is 0 Å². The third-order valence-corrected chi connectivity index (χ3v) is 1.14. The van der Waals surface area contributed by atoms with Crippen LogP contribution >= 0.6 is 11.6 Å². The van der Waals surface area contributed by atoms with Gasteiger partial charge in [0.15, 0.2) is 5.63 Å². The van der Waals surface area contributed by atoms with E-state index in [0.717, 1.165) is 0 Å². The smallest absolute Gasteiger partial charge is 0.199 e. The largest absolute Gasteiger partial charge is 0.374 e. The second-order valence-corrected chi connectivity index (χ2v) is 1.91. The average Bonchev–Trinajstić information content (AvgIpc) is 1.67. The molecule has 8 heavy (non-hydrogen) atoms. The monoisotopic (exact) mass is 140 g/mol. The highest BCUT2D eigenvalue weighted by Gasteiger charge is 2.10. The van der Waals surface area contributed by atoms with Crippen LogP contribution in [0, 0.1) is 0 Å². The van der Waals surface area contributed by atoms with Crippen molar-refractivity contribution < 1.29 is 9.13 Å². The minimum absolute atomic E-state index is 0.485. The summed E-state index contributed by atoms with van der Waals surface area (Å²) >= 11 is 5.02. The molecule has 0 radical (unpaired) electrons. The predicted molar refractivity (Wildman–Crippen MR) is 31.8 cm³/mol. The summed E-state index contributed by atoms with van der Waals surface area (Å²) in [6.45, 7) is 3.91. The van der Waals surface area contributed by atoms with Crippen LogP contribution in [0.1, 0.15) is 13.8 Å². The zero-order valence-electron chi connectivity index (χ0n) is 5.03. The van der Waals surface area contributed by atoms with Gasteiger partial charge in [-0.1, -0.05) is 11.6 Å². The molecule has 0 aliphatic carbocycles. The second-order valence-electron chi connectivity index (χ2n) is 1.49. The van der Waals surface area contributed by atoms with Gasteiger partial charge in [-0.3, -0.25) is 0 Å². The summed E-state index contributed by atoms with van der Waals surface area (Å²) < 4.78 is 16.7. The molecular weight excluding hydrogens is 131 g/mol. The van der Waals surface area contributed by atoms with E-state index >= 15 is 0 Å². The lowest BCUT2D eigenvalue weighted by atomic mass is 10.4. The number of hydrogen-bond acceptors (Lipinski definition) is 1. The van der Waals surface area contributed by atoms with Crippen LogP contribution in [0.25, 0.3) is 0 Å². The van der Waals surface area contributed by atoms with Gasteiger partial charge in [0.2, 0.25) is 0 Å². The third kappa shape index (κ3) is 3.22. The highest BCUT2D eigenvalue weighted by Crippen LogP contribution is 2.06. The first kappa shape index (κ1) is 8.18. The molecule has 0 spiro atoms. The van der Waals surface area contributed by atoms with Crippen LogP contribution in [-0.4, -0.2) is 18.3 Å². The number of alkyl halides is 2. The van der Waals surface area contributed by atoms with Gasteiger partial charge >= 0.3 is 0 Å². The Morgan fingerprint density at radius 3 is 2.38 bits per heavy atom. The van der Waals surface area contributed by atoms with Crippen LogP contribution in [-0.2, 0) is 4.74 Å². The maximum atomic E-state index is 11.9. The minimum Gasteiger partial charge on any atom is -0.374 e. The van der Waals surface area contributed by atoms with Crippen LogP contribution in [0.2, 0.25) is 0 Å². The zero-order valence-corrected chi connectivity index (χ0v) is 5.78. The van der Waals surface area contributed by atoms with Crippen LogP contribution in [0.4, 0.5) is 4.39 Å². The first-order chi connectivity index (χ1) is 3.68. The van der Waals surface area contributed by atoms with E-state index in [1.54, 1.807) is 13.8 Å². The molecule has 3 heteroatoms. The van der Waals surface area contributed by atoms with E-state index in [4.69, 9.17) is 16.3 Å². The average molecular weight is 141 g/mol. The molecule has 0 aliphatic heterocycles. The highest BCUT2D eigenvalue weighted by molar-refractivity contribution is 6.19. The van der Waals surface area contributed by atoms with E-state index in [-0.39, 0.29) is 0 Å². The SMILES string of the molecule is CCOC(C)C(F)Cl. The number of rotatable bonds is 3.